The zero-order chi connectivity index (χ0) is 9.31. The summed E-state index contributed by atoms with van der Waals surface area (Å²) in [5, 5.41) is 0. The van der Waals surface area contributed by atoms with Crippen molar-refractivity contribution in [2.45, 2.75) is 31.2 Å². The Morgan fingerprint density at radius 3 is 2.15 bits per heavy atom. The van der Waals surface area contributed by atoms with Crippen LogP contribution in [0.3, 0.4) is 0 Å². The van der Waals surface area contributed by atoms with E-state index in [4.69, 9.17) is 5.73 Å². The standard InChI is InChI=1S/C11H14FN/c12-10-5-3-9(4-6-10)11(13)7-1-2-8-11/h3-6H,1-2,7-8,13H2. The van der Waals surface area contributed by atoms with Crippen LogP contribution in [0.4, 0.5) is 4.39 Å². The molecule has 2 rings (SSSR count). The molecule has 1 saturated carbocycles. The molecule has 1 aliphatic carbocycles. The van der Waals surface area contributed by atoms with Crippen LogP contribution in [0.5, 0.6) is 0 Å². The molecule has 0 atom stereocenters. The van der Waals surface area contributed by atoms with Crippen LogP contribution in [0.15, 0.2) is 24.3 Å². The Bertz CT molecular complexity index is 285. The van der Waals surface area contributed by atoms with E-state index >= 15 is 0 Å². The van der Waals surface area contributed by atoms with E-state index < -0.39 is 0 Å². The Hall–Kier alpha value is -0.890. The van der Waals surface area contributed by atoms with Crippen LogP contribution in [0.2, 0.25) is 0 Å². The molecule has 0 aliphatic heterocycles. The SMILES string of the molecule is NC1(c2ccc(F)cc2)CCCC1. The van der Waals surface area contributed by atoms with E-state index in [0.29, 0.717) is 0 Å². The summed E-state index contributed by atoms with van der Waals surface area (Å²) in [6.45, 7) is 0. The molecule has 0 unspecified atom stereocenters. The fourth-order valence-corrected chi connectivity index (χ4v) is 2.08. The minimum absolute atomic E-state index is 0.187. The maximum Gasteiger partial charge on any atom is 0.123 e. The van der Waals surface area contributed by atoms with Gasteiger partial charge in [0.1, 0.15) is 5.82 Å². The summed E-state index contributed by atoms with van der Waals surface area (Å²) >= 11 is 0. The van der Waals surface area contributed by atoms with Crippen LogP contribution < -0.4 is 5.73 Å². The van der Waals surface area contributed by atoms with Gasteiger partial charge in [0.25, 0.3) is 0 Å². The molecule has 0 bridgehead atoms. The normalized spacial score (nSPS) is 20.5. The first kappa shape index (κ1) is 8.70. The fourth-order valence-electron chi connectivity index (χ4n) is 2.08. The van der Waals surface area contributed by atoms with Gasteiger partial charge in [-0.25, -0.2) is 4.39 Å². The lowest BCUT2D eigenvalue weighted by Crippen LogP contribution is -2.32. The largest absolute Gasteiger partial charge is 0.321 e. The van der Waals surface area contributed by atoms with Crippen LogP contribution in [0.25, 0.3) is 0 Å². The van der Waals surface area contributed by atoms with E-state index in [-0.39, 0.29) is 11.4 Å². The van der Waals surface area contributed by atoms with Gasteiger partial charge in [0.2, 0.25) is 0 Å². The van der Waals surface area contributed by atoms with Gasteiger partial charge in [0.15, 0.2) is 0 Å². The summed E-state index contributed by atoms with van der Waals surface area (Å²) < 4.78 is 12.7. The molecule has 2 N–H and O–H groups in total. The highest BCUT2D eigenvalue weighted by Crippen LogP contribution is 2.35. The first-order chi connectivity index (χ1) is 6.21. The van der Waals surface area contributed by atoms with Crippen molar-refractivity contribution < 1.29 is 4.39 Å². The quantitative estimate of drug-likeness (QED) is 0.704. The summed E-state index contributed by atoms with van der Waals surface area (Å²) in [4.78, 5) is 0. The molecular formula is C11H14FN. The zero-order valence-corrected chi connectivity index (χ0v) is 7.59. The van der Waals surface area contributed by atoms with Crippen molar-refractivity contribution >= 4 is 0 Å². The zero-order valence-electron chi connectivity index (χ0n) is 7.59. The van der Waals surface area contributed by atoms with Gasteiger partial charge in [-0.2, -0.15) is 0 Å². The third kappa shape index (κ3) is 1.59. The first-order valence-corrected chi connectivity index (χ1v) is 4.76. The Morgan fingerprint density at radius 2 is 1.62 bits per heavy atom. The van der Waals surface area contributed by atoms with Crippen molar-refractivity contribution in [3.8, 4) is 0 Å². The van der Waals surface area contributed by atoms with Crippen LogP contribution in [-0.4, -0.2) is 0 Å². The topological polar surface area (TPSA) is 26.0 Å². The lowest BCUT2D eigenvalue weighted by atomic mass is 9.89. The second-order valence-corrected chi connectivity index (χ2v) is 3.87. The molecule has 1 aromatic rings. The Balaban J connectivity index is 2.29. The summed E-state index contributed by atoms with van der Waals surface area (Å²) in [5.74, 6) is -0.189. The molecule has 13 heavy (non-hydrogen) atoms. The maximum atomic E-state index is 12.7. The number of hydrogen-bond donors (Lipinski definition) is 1. The number of benzene rings is 1. The third-order valence-corrected chi connectivity index (χ3v) is 2.91. The molecule has 0 aromatic heterocycles. The highest BCUT2D eigenvalue weighted by Gasteiger charge is 2.30. The Kier molecular flexibility index (Phi) is 2.08. The number of halogens is 1. The van der Waals surface area contributed by atoms with Crippen molar-refractivity contribution in [3.63, 3.8) is 0 Å². The minimum atomic E-state index is -0.189. The van der Waals surface area contributed by atoms with Gasteiger partial charge < -0.3 is 5.73 Å². The smallest absolute Gasteiger partial charge is 0.123 e. The van der Waals surface area contributed by atoms with E-state index in [1.807, 2.05) is 0 Å². The van der Waals surface area contributed by atoms with Gasteiger partial charge in [0, 0.05) is 5.54 Å². The predicted octanol–water partition coefficient (Wildman–Crippen LogP) is 2.55. The van der Waals surface area contributed by atoms with E-state index in [9.17, 15) is 4.39 Å². The number of hydrogen-bond acceptors (Lipinski definition) is 1. The van der Waals surface area contributed by atoms with Crippen molar-refractivity contribution in [1.29, 1.82) is 0 Å². The fraction of sp³-hybridized carbons (Fsp3) is 0.455. The van der Waals surface area contributed by atoms with Crippen LogP contribution in [0, 0.1) is 5.82 Å². The van der Waals surface area contributed by atoms with Crippen LogP contribution >= 0.6 is 0 Å². The molecule has 1 aliphatic rings. The minimum Gasteiger partial charge on any atom is -0.321 e. The summed E-state index contributed by atoms with van der Waals surface area (Å²) in [5.41, 5.74) is 7.10. The van der Waals surface area contributed by atoms with Gasteiger partial charge in [-0.15, -0.1) is 0 Å². The summed E-state index contributed by atoms with van der Waals surface area (Å²) in [7, 11) is 0. The highest BCUT2D eigenvalue weighted by atomic mass is 19.1. The van der Waals surface area contributed by atoms with Crippen molar-refractivity contribution in [2.75, 3.05) is 0 Å². The molecule has 2 heteroatoms. The molecule has 0 radical (unpaired) electrons. The number of rotatable bonds is 1. The van der Waals surface area contributed by atoms with Gasteiger partial charge in [-0.05, 0) is 30.5 Å². The number of nitrogens with two attached hydrogens (primary N) is 1. The summed E-state index contributed by atoms with van der Waals surface area (Å²) in [6, 6.07) is 6.59. The average Bonchev–Trinajstić information content (AvgIpc) is 2.54. The van der Waals surface area contributed by atoms with Gasteiger partial charge >= 0.3 is 0 Å². The highest BCUT2D eigenvalue weighted by molar-refractivity contribution is 5.25. The van der Waals surface area contributed by atoms with E-state index in [0.717, 1.165) is 18.4 Å². The average molecular weight is 179 g/mol. The second kappa shape index (κ2) is 3.11. The molecule has 0 spiro atoms. The van der Waals surface area contributed by atoms with Gasteiger partial charge in [-0.1, -0.05) is 25.0 Å². The molecule has 1 fully saturated rings. The Labute approximate surface area is 77.8 Å². The Morgan fingerprint density at radius 1 is 1.08 bits per heavy atom. The van der Waals surface area contributed by atoms with Crippen molar-refractivity contribution in [2.24, 2.45) is 5.73 Å². The van der Waals surface area contributed by atoms with Crippen molar-refractivity contribution in [1.82, 2.24) is 0 Å². The first-order valence-electron chi connectivity index (χ1n) is 4.76. The van der Waals surface area contributed by atoms with Crippen LogP contribution in [-0.2, 0) is 5.54 Å². The molecule has 70 valence electrons. The summed E-state index contributed by atoms with van der Waals surface area (Å²) in [6.07, 6.45) is 4.43. The second-order valence-electron chi connectivity index (χ2n) is 3.87. The third-order valence-electron chi connectivity index (χ3n) is 2.91. The van der Waals surface area contributed by atoms with Gasteiger partial charge in [-0.3, -0.25) is 0 Å². The monoisotopic (exact) mass is 179 g/mol. The van der Waals surface area contributed by atoms with E-state index in [2.05, 4.69) is 0 Å². The molecule has 1 aromatic carbocycles. The van der Waals surface area contributed by atoms with Gasteiger partial charge in [0.05, 0.1) is 0 Å². The molecule has 1 nitrogen and oxygen atoms in total. The molecule has 0 saturated heterocycles. The van der Waals surface area contributed by atoms with Crippen molar-refractivity contribution in [3.05, 3.63) is 35.6 Å². The molecule has 0 amide bonds. The maximum absolute atomic E-state index is 12.7. The van der Waals surface area contributed by atoms with E-state index in [1.165, 1.54) is 25.0 Å². The molecule has 0 heterocycles. The van der Waals surface area contributed by atoms with E-state index in [1.54, 1.807) is 12.1 Å². The molecular weight excluding hydrogens is 165 g/mol. The predicted molar refractivity (Wildman–Crippen MR) is 50.7 cm³/mol. The lowest BCUT2D eigenvalue weighted by molar-refractivity contribution is 0.460. The van der Waals surface area contributed by atoms with Crippen LogP contribution in [0.1, 0.15) is 31.2 Å². The lowest BCUT2D eigenvalue weighted by Gasteiger charge is -2.23.